The molecule has 0 unspecified atom stereocenters. The molecule has 1 fully saturated rings. The molecule has 0 radical (unpaired) electrons. The van der Waals surface area contributed by atoms with Gasteiger partial charge < -0.3 is 0 Å². The van der Waals surface area contributed by atoms with E-state index < -0.39 is 9.89 Å². The highest BCUT2D eigenvalue weighted by Crippen LogP contribution is 1.80. The molecule has 0 aromatic carbocycles. The Balaban J connectivity index is 2.76. The zero-order valence-corrected chi connectivity index (χ0v) is 4.75. The van der Waals surface area contributed by atoms with E-state index >= 15 is 0 Å². The summed E-state index contributed by atoms with van der Waals surface area (Å²) in [5, 5.41) is 0. The Morgan fingerprint density at radius 1 is 1.43 bits per heavy atom. The maximum Gasteiger partial charge on any atom is 0.0852 e. The van der Waals surface area contributed by atoms with E-state index in [1.54, 1.807) is 0 Å². The molecule has 0 aromatic heterocycles. The van der Waals surface area contributed by atoms with Crippen LogP contribution in [0.3, 0.4) is 0 Å². The lowest BCUT2D eigenvalue weighted by Gasteiger charge is -1.93. The molecule has 0 atom stereocenters. The van der Waals surface area contributed by atoms with Crippen LogP contribution in [0.5, 0.6) is 0 Å². The van der Waals surface area contributed by atoms with Crippen molar-refractivity contribution in [3.8, 4) is 0 Å². The van der Waals surface area contributed by atoms with E-state index in [1.165, 1.54) is 0 Å². The molecular formula is C3H8N2OS. The summed E-state index contributed by atoms with van der Waals surface area (Å²) in [5.41, 5.74) is 0. The van der Waals surface area contributed by atoms with E-state index in [9.17, 15) is 4.21 Å². The van der Waals surface area contributed by atoms with Gasteiger partial charge in [0, 0.05) is 13.1 Å². The zero-order chi connectivity index (χ0) is 5.33. The van der Waals surface area contributed by atoms with Crippen LogP contribution >= 0.6 is 0 Å². The summed E-state index contributed by atoms with van der Waals surface area (Å²) in [5.74, 6) is 3.38. The molecular weight excluding hydrogens is 112 g/mol. The normalized spacial score (nSPS) is 28.0. The molecule has 2 N–H and O–H groups in total. The molecule has 0 spiro atoms. The van der Waals surface area contributed by atoms with Crippen LogP contribution in [0.25, 0.3) is 0 Å². The maximum absolute atomic E-state index is 10.7. The third kappa shape index (κ3) is 1.15. The molecule has 0 bridgehead atoms. The average Bonchev–Trinajstić information content (AvgIpc) is 1.84. The largest absolute Gasteiger partial charge is 0.237 e. The Labute approximate surface area is 43.4 Å². The van der Waals surface area contributed by atoms with Crippen molar-refractivity contribution in [1.29, 1.82) is 0 Å². The van der Waals surface area contributed by atoms with E-state index in [-0.39, 0.29) is 0 Å². The second kappa shape index (κ2) is 1.47. The van der Waals surface area contributed by atoms with Crippen molar-refractivity contribution in [2.24, 2.45) is 0 Å². The van der Waals surface area contributed by atoms with Crippen molar-refractivity contribution in [1.82, 2.24) is 9.44 Å². The van der Waals surface area contributed by atoms with E-state index in [0.29, 0.717) is 0 Å². The van der Waals surface area contributed by atoms with Crippen LogP contribution < -0.4 is 9.44 Å². The Bertz CT molecular complexity index is 136. The molecule has 0 amide bonds. The van der Waals surface area contributed by atoms with Gasteiger partial charge in [-0.3, -0.25) is 0 Å². The summed E-state index contributed by atoms with van der Waals surface area (Å²) in [6.07, 6.45) is 0. The van der Waals surface area contributed by atoms with Gasteiger partial charge in [-0.25, -0.2) is 13.7 Å². The lowest BCUT2D eigenvalue weighted by molar-refractivity contribution is 0.675. The highest BCUT2D eigenvalue weighted by molar-refractivity contribution is 7.96. The standard InChI is InChI=1S/C3H8N2OS/c1-7(6)4-2-3-5-7/h1-3H2,(H2,4,5,6). The quantitative estimate of drug-likeness (QED) is 0.384. The first kappa shape index (κ1) is 5.08. The number of hydrogen-bond donors (Lipinski definition) is 2. The second-order valence-corrected chi connectivity index (χ2v) is 3.39. The zero-order valence-electron chi connectivity index (χ0n) is 3.94. The Morgan fingerprint density at radius 3 is 2.00 bits per heavy atom. The summed E-state index contributed by atoms with van der Waals surface area (Å²) in [6, 6.07) is 0. The fourth-order valence-corrected chi connectivity index (χ4v) is 1.45. The number of hydrogen-bond acceptors (Lipinski definition) is 1. The van der Waals surface area contributed by atoms with Gasteiger partial charge in [-0.2, -0.15) is 0 Å². The summed E-state index contributed by atoms with van der Waals surface area (Å²) >= 11 is 0. The van der Waals surface area contributed by atoms with Crippen LogP contribution in [0.15, 0.2) is 0 Å². The molecule has 1 rings (SSSR count). The Morgan fingerprint density at radius 2 is 1.86 bits per heavy atom. The monoisotopic (exact) mass is 120 g/mol. The molecule has 42 valence electrons. The van der Waals surface area contributed by atoms with Gasteiger partial charge in [-0.05, 0) is 5.87 Å². The van der Waals surface area contributed by atoms with Crippen molar-refractivity contribution in [2.45, 2.75) is 0 Å². The average molecular weight is 120 g/mol. The first-order chi connectivity index (χ1) is 3.21. The molecule has 0 saturated carbocycles. The van der Waals surface area contributed by atoms with Gasteiger partial charge in [0.2, 0.25) is 0 Å². The maximum atomic E-state index is 10.7. The van der Waals surface area contributed by atoms with Gasteiger partial charge in [-0.15, -0.1) is 0 Å². The summed E-state index contributed by atoms with van der Waals surface area (Å²) in [4.78, 5) is 0. The highest BCUT2D eigenvalue weighted by atomic mass is 32.2. The molecule has 7 heavy (non-hydrogen) atoms. The minimum Gasteiger partial charge on any atom is -0.237 e. The van der Waals surface area contributed by atoms with Crippen LogP contribution in [0.4, 0.5) is 0 Å². The van der Waals surface area contributed by atoms with Crippen molar-refractivity contribution < 1.29 is 4.21 Å². The van der Waals surface area contributed by atoms with Crippen LogP contribution in [0, 0.1) is 0 Å². The fourth-order valence-electron chi connectivity index (χ4n) is 0.483. The molecule has 1 aliphatic rings. The van der Waals surface area contributed by atoms with Crippen molar-refractivity contribution >= 4 is 15.8 Å². The highest BCUT2D eigenvalue weighted by Gasteiger charge is 2.06. The van der Waals surface area contributed by atoms with Gasteiger partial charge in [-0.1, -0.05) is 0 Å². The number of rotatable bonds is 0. The fraction of sp³-hybridized carbons (Fsp3) is 0.667. The molecule has 1 heterocycles. The summed E-state index contributed by atoms with van der Waals surface area (Å²) in [7, 11) is -2.05. The first-order valence-electron chi connectivity index (χ1n) is 2.07. The minimum atomic E-state index is -2.05. The minimum absolute atomic E-state index is 0.766. The van der Waals surface area contributed by atoms with Crippen LogP contribution in [0.1, 0.15) is 0 Å². The number of nitrogens with one attached hydrogen (secondary N) is 2. The summed E-state index contributed by atoms with van der Waals surface area (Å²) < 4.78 is 16.1. The molecule has 0 aromatic rings. The molecule has 1 aliphatic heterocycles. The predicted molar refractivity (Wildman–Crippen MR) is 31.3 cm³/mol. The van der Waals surface area contributed by atoms with E-state index in [2.05, 4.69) is 15.3 Å². The third-order valence-electron chi connectivity index (χ3n) is 0.795. The van der Waals surface area contributed by atoms with Gasteiger partial charge in [0.25, 0.3) is 0 Å². The molecule has 0 aliphatic carbocycles. The summed E-state index contributed by atoms with van der Waals surface area (Å²) in [6.45, 7) is 1.53. The van der Waals surface area contributed by atoms with Crippen molar-refractivity contribution in [2.75, 3.05) is 13.1 Å². The van der Waals surface area contributed by atoms with Gasteiger partial charge in [0.15, 0.2) is 0 Å². The van der Waals surface area contributed by atoms with Crippen LogP contribution in [-0.4, -0.2) is 23.2 Å². The molecule has 4 heteroatoms. The topological polar surface area (TPSA) is 41.1 Å². The van der Waals surface area contributed by atoms with E-state index in [0.717, 1.165) is 13.1 Å². The SMILES string of the molecule is C=S1(=O)NCCN1. The smallest absolute Gasteiger partial charge is 0.0852 e. The van der Waals surface area contributed by atoms with Crippen molar-refractivity contribution in [3.05, 3.63) is 0 Å². The van der Waals surface area contributed by atoms with E-state index in [1.807, 2.05) is 0 Å². The second-order valence-electron chi connectivity index (χ2n) is 1.46. The van der Waals surface area contributed by atoms with E-state index in [4.69, 9.17) is 0 Å². The molecule has 1 saturated heterocycles. The third-order valence-corrected chi connectivity index (χ3v) is 2.14. The predicted octanol–water partition coefficient (Wildman–Crippen LogP) is -1.27. The van der Waals surface area contributed by atoms with Crippen LogP contribution in [0.2, 0.25) is 0 Å². The lowest BCUT2D eigenvalue weighted by Crippen LogP contribution is -2.22. The van der Waals surface area contributed by atoms with Gasteiger partial charge >= 0.3 is 0 Å². The Kier molecular flexibility index (Phi) is 1.07. The molecule has 3 nitrogen and oxygen atoms in total. The Hall–Kier alpha value is -0.0600. The van der Waals surface area contributed by atoms with Gasteiger partial charge in [0.1, 0.15) is 0 Å². The van der Waals surface area contributed by atoms with Gasteiger partial charge in [0.05, 0.1) is 9.89 Å². The van der Waals surface area contributed by atoms with Crippen LogP contribution in [-0.2, 0) is 9.89 Å². The van der Waals surface area contributed by atoms with Crippen molar-refractivity contribution in [3.63, 3.8) is 0 Å². The lowest BCUT2D eigenvalue weighted by atomic mass is 10.7. The first-order valence-corrected chi connectivity index (χ1v) is 3.80.